The summed E-state index contributed by atoms with van der Waals surface area (Å²) in [5, 5.41) is 0. The first-order valence-electron chi connectivity index (χ1n) is 11.0. The summed E-state index contributed by atoms with van der Waals surface area (Å²) in [6, 6.07) is 0.368. The predicted octanol–water partition coefficient (Wildman–Crippen LogP) is 3.91. The molecule has 0 radical (unpaired) electrons. The topological polar surface area (TPSA) is 40.6 Å². The molecule has 3 fully saturated rings. The monoisotopic (exact) mass is 358 g/mol. The van der Waals surface area contributed by atoms with Crippen LogP contribution in [0.2, 0.25) is 0 Å². The van der Waals surface area contributed by atoms with Crippen LogP contribution in [0.4, 0.5) is 0 Å². The van der Waals surface area contributed by atoms with Gasteiger partial charge in [0.25, 0.3) is 0 Å². The van der Waals surface area contributed by atoms with Gasteiger partial charge in [-0.25, -0.2) is 0 Å². The largest absolute Gasteiger partial charge is 0.342 e. The van der Waals surface area contributed by atoms with Gasteiger partial charge in [0.15, 0.2) is 0 Å². The maximum absolute atomic E-state index is 12.5. The molecule has 2 aliphatic heterocycles. The number of piperidine rings is 2. The van der Waals surface area contributed by atoms with E-state index in [9.17, 15) is 9.59 Å². The second kappa shape index (κ2) is 8.14. The summed E-state index contributed by atoms with van der Waals surface area (Å²) >= 11 is 0. The van der Waals surface area contributed by atoms with Gasteiger partial charge in [-0.2, -0.15) is 0 Å². The van der Waals surface area contributed by atoms with E-state index in [1.807, 2.05) is 0 Å². The summed E-state index contributed by atoms with van der Waals surface area (Å²) in [5.41, 5.74) is 1.55. The van der Waals surface area contributed by atoms with Gasteiger partial charge in [0, 0.05) is 38.5 Å². The zero-order chi connectivity index (χ0) is 17.9. The SMILES string of the molecule is O=C(CCC1CC1)N1CC[C@H]2[C@H](CCC(=O)N2CCC2=CCCCC2)C1. The van der Waals surface area contributed by atoms with E-state index in [2.05, 4.69) is 15.9 Å². The fourth-order valence-corrected chi connectivity index (χ4v) is 5.16. The van der Waals surface area contributed by atoms with Crippen molar-refractivity contribution in [1.82, 2.24) is 9.80 Å². The van der Waals surface area contributed by atoms with E-state index in [0.29, 0.717) is 30.2 Å². The van der Waals surface area contributed by atoms with Crippen molar-refractivity contribution in [3.63, 3.8) is 0 Å². The number of carbonyl (C=O) groups excluding carboxylic acids is 2. The highest BCUT2D eigenvalue weighted by atomic mass is 16.2. The van der Waals surface area contributed by atoms with Crippen molar-refractivity contribution in [3.8, 4) is 0 Å². The summed E-state index contributed by atoms with van der Waals surface area (Å²) in [5.74, 6) is 2.02. The Balaban J connectivity index is 1.31. The second-order valence-corrected chi connectivity index (χ2v) is 8.92. The highest BCUT2D eigenvalue weighted by Crippen LogP contribution is 2.35. The minimum absolute atomic E-state index is 0.344. The van der Waals surface area contributed by atoms with Gasteiger partial charge in [0.05, 0.1) is 0 Å². The van der Waals surface area contributed by atoms with E-state index >= 15 is 0 Å². The molecule has 0 aromatic carbocycles. The van der Waals surface area contributed by atoms with Crippen molar-refractivity contribution in [2.75, 3.05) is 19.6 Å². The number of nitrogens with zero attached hydrogens (tertiary/aromatic N) is 2. The summed E-state index contributed by atoms with van der Waals surface area (Å²) in [6.07, 6.45) is 15.6. The van der Waals surface area contributed by atoms with E-state index in [1.54, 1.807) is 5.57 Å². The van der Waals surface area contributed by atoms with Crippen LogP contribution in [0, 0.1) is 11.8 Å². The van der Waals surface area contributed by atoms with Gasteiger partial charge in [0.1, 0.15) is 0 Å². The molecule has 0 aromatic rings. The van der Waals surface area contributed by atoms with Crippen LogP contribution in [-0.4, -0.2) is 47.3 Å². The molecular formula is C22H34N2O2. The number of likely N-dealkylation sites (tertiary alicyclic amines) is 2. The van der Waals surface area contributed by atoms with Crippen LogP contribution in [0.25, 0.3) is 0 Å². The first-order chi connectivity index (χ1) is 12.7. The molecule has 4 aliphatic rings. The molecule has 0 N–H and O–H groups in total. The standard InChI is InChI=1S/C22H34N2O2/c25-21(10-8-18-6-7-18)23-14-13-20-19(16-23)9-11-22(26)24(20)15-12-17-4-2-1-3-5-17/h4,18-20H,1-3,5-16H2/t19-,20+/m1/s1. The molecule has 4 heteroatoms. The van der Waals surface area contributed by atoms with Gasteiger partial charge in [0.2, 0.25) is 11.8 Å². The molecule has 2 heterocycles. The quantitative estimate of drug-likeness (QED) is 0.676. The average molecular weight is 359 g/mol. The third-order valence-electron chi connectivity index (χ3n) is 7.02. The molecule has 0 unspecified atom stereocenters. The second-order valence-electron chi connectivity index (χ2n) is 8.92. The van der Waals surface area contributed by atoms with Crippen LogP contribution < -0.4 is 0 Å². The normalized spacial score (nSPS) is 29.4. The number of fused-ring (bicyclic) bond motifs is 1. The number of hydrogen-bond acceptors (Lipinski definition) is 2. The lowest BCUT2D eigenvalue weighted by atomic mass is 9.83. The Morgan fingerprint density at radius 2 is 2.00 bits per heavy atom. The summed E-state index contributed by atoms with van der Waals surface area (Å²) in [4.78, 5) is 29.3. The zero-order valence-corrected chi connectivity index (χ0v) is 16.1. The van der Waals surface area contributed by atoms with Crippen LogP contribution in [0.5, 0.6) is 0 Å². The van der Waals surface area contributed by atoms with Crippen LogP contribution in [0.1, 0.15) is 77.0 Å². The molecular weight excluding hydrogens is 324 g/mol. The van der Waals surface area contributed by atoms with Crippen LogP contribution in [-0.2, 0) is 9.59 Å². The van der Waals surface area contributed by atoms with Gasteiger partial charge >= 0.3 is 0 Å². The molecule has 2 amide bonds. The lowest BCUT2D eigenvalue weighted by Gasteiger charge is -2.47. The molecule has 2 aliphatic carbocycles. The molecule has 144 valence electrons. The molecule has 26 heavy (non-hydrogen) atoms. The fraction of sp³-hybridized carbons (Fsp3) is 0.818. The first kappa shape index (κ1) is 18.1. The summed E-state index contributed by atoms with van der Waals surface area (Å²) < 4.78 is 0. The predicted molar refractivity (Wildman–Crippen MR) is 103 cm³/mol. The van der Waals surface area contributed by atoms with Crippen LogP contribution in [0.15, 0.2) is 11.6 Å². The lowest BCUT2D eigenvalue weighted by Crippen LogP contribution is -2.57. The number of hydrogen-bond donors (Lipinski definition) is 0. The van der Waals surface area contributed by atoms with Gasteiger partial charge in [-0.05, 0) is 63.2 Å². The molecule has 4 nitrogen and oxygen atoms in total. The minimum Gasteiger partial charge on any atom is -0.342 e. The molecule has 2 saturated heterocycles. The molecule has 2 atom stereocenters. The Morgan fingerprint density at radius 3 is 2.77 bits per heavy atom. The van der Waals surface area contributed by atoms with Gasteiger partial charge in [-0.3, -0.25) is 9.59 Å². The van der Waals surface area contributed by atoms with Crippen molar-refractivity contribution in [2.45, 2.75) is 83.1 Å². The van der Waals surface area contributed by atoms with Crippen LogP contribution >= 0.6 is 0 Å². The summed E-state index contributed by atoms with van der Waals surface area (Å²) in [6.45, 7) is 2.61. The maximum Gasteiger partial charge on any atom is 0.222 e. The van der Waals surface area contributed by atoms with Crippen molar-refractivity contribution in [1.29, 1.82) is 0 Å². The number of allylic oxidation sites excluding steroid dienone is 1. The van der Waals surface area contributed by atoms with Gasteiger partial charge < -0.3 is 9.80 Å². The number of rotatable bonds is 6. The van der Waals surface area contributed by atoms with Crippen LogP contribution in [0.3, 0.4) is 0 Å². The van der Waals surface area contributed by atoms with E-state index < -0.39 is 0 Å². The van der Waals surface area contributed by atoms with Gasteiger partial charge in [-0.1, -0.05) is 24.5 Å². The summed E-state index contributed by atoms with van der Waals surface area (Å²) in [7, 11) is 0. The number of carbonyl (C=O) groups is 2. The third-order valence-corrected chi connectivity index (χ3v) is 7.02. The van der Waals surface area contributed by atoms with Crippen molar-refractivity contribution < 1.29 is 9.59 Å². The fourth-order valence-electron chi connectivity index (χ4n) is 5.16. The van der Waals surface area contributed by atoms with Crippen molar-refractivity contribution in [3.05, 3.63) is 11.6 Å². The first-order valence-corrected chi connectivity index (χ1v) is 11.0. The van der Waals surface area contributed by atoms with E-state index in [1.165, 1.54) is 38.5 Å². The Morgan fingerprint density at radius 1 is 1.12 bits per heavy atom. The minimum atomic E-state index is 0.344. The molecule has 4 rings (SSSR count). The average Bonchev–Trinajstić information content (AvgIpc) is 3.50. The third kappa shape index (κ3) is 4.32. The maximum atomic E-state index is 12.5. The molecule has 0 bridgehead atoms. The number of amides is 2. The Kier molecular flexibility index (Phi) is 5.66. The molecule has 0 aromatic heterocycles. The Hall–Kier alpha value is -1.32. The van der Waals surface area contributed by atoms with E-state index in [-0.39, 0.29) is 0 Å². The smallest absolute Gasteiger partial charge is 0.222 e. The Bertz CT molecular complexity index is 566. The lowest BCUT2D eigenvalue weighted by molar-refractivity contribution is -0.144. The van der Waals surface area contributed by atoms with Gasteiger partial charge in [-0.15, -0.1) is 0 Å². The zero-order valence-electron chi connectivity index (χ0n) is 16.1. The van der Waals surface area contributed by atoms with Crippen molar-refractivity contribution >= 4 is 11.8 Å². The van der Waals surface area contributed by atoms with E-state index in [4.69, 9.17) is 0 Å². The van der Waals surface area contributed by atoms with Crippen molar-refractivity contribution in [2.24, 2.45) is 11.8 Å². The highest BCUT2D eigenvalue weighted by molar-refractivity contribution is 5.78. The molecule has 1 saturated carbocycles. The van der Waals surface area contributed by atoms with E-state index in [0.717, 1.165) is 57.7 Å². The molecule has 0 spiro atoms. The Labute approximate surface area is 158 Å². The highest BCUT2D eigenvalue weighted by Gasteiger charge is 2.40.